The Morgan fingerprint density at radius 1 is 1.02 bits per heavy atom. The molecule has 1 saturated carbocycles. The number of aliphatic hydroxyl groups excluding tert-OH is 2. The number of oxime groups is 1. The van der Waals surface area contributed by atoms with Gasteiger partial charge in [0.25, 0.3) is 0 Å². The summed E-state index contributed by atoms with van der Waals surface area (Å²) in [7, 11) is 0. The topological polar surface area (TPSA) is 122 Å². The minimum atomic E-state index is -1.46. The molecule has 0 spiro atoms. The minimum absolute atomic E-state index is 0.0598. The lowest BCUT2D eigenvalue weighted by atomic mass is 9.55. The van der Waals surface area contributed by atoms with Crippen molar-refractivity contribution in [3.05, 3.63) is 120 Å². The van der Waals surface area contributed by atoms with Crippen LogP contribution in [-0.2, 0) is 27.5 Å². The molecule has 3 aromatic rings. The van der Waals surface area contributed by atoms with Crippen molar-refractivity contribution in [1.82, 2.24) is 9.80 Å². The maximum atomic E-state index is 14.4. The number of nitrogens with zero attached hydrogens (tertiary/aromatic N) is 3. The van der Waals surface area contributed by atoms with E-state index in [2.05, 4.69) is 23.6 Å². The van der Waals surface area contributed by atoms with E-state index < -0.39 is 23.8 Å². The van der Waals surface area contributed by atoms with E-state index in [0.29, 0.717) is 36.5 Å². The lowest BCUT2D eigenvalue weighted by molar-refractivity contribution is -0.256. The third kappa shape index (κ3) is 10.1. The van der Waals surface area contributed by atoms with Crippen LogP contribution < -0.4 is 9.47 Å². The van der Waals surface area contributed by atoms with Gasteiger partial charge in [0.15, 0.2) is 0 Å². The van der Waals surface area contributed by atoms with E-state index in [-0.39, 0.29) is 69.6 Å². The summed E-state index contributed by atoms with van der Waals surface area (Å²) in [5, 5.41) is 24.8. The molecule has 2 aliphatic carbocycles. The number of allylic oxidation sites excluding steroid dienone is 1. The predicted molar refractivity (Wildman–Crippen MR) is 227 cm³/mol. The lowest BCUT2D eigenvalue weighted by Crippen LogP contribution is -2.70. The van der Waals surface area contributed by atoms with E-state index >= 15 is 0 Å². The fourth-order valence-corrected chi connectivity index (χ4v) is 9.38. The maximum Gasteiger partial charge on any atom is 0.410 e. The highest BCUT2D eigenvalue weighted by Crippen LogP contribution is 2.62. The molecule has 4 aliphatic rings. The van der Waals surface area contributed by atoms with Gasteiger partial charge in [0.1, 0.15) is 36.6 Å². The molecule has 1 saturated heterocycles. The molecule has 2 N–H and O–H groups in total. The fourth-order valence-electron chi connectivity index (χ4n) is 9.38. The Labute approximate surface area is 353 Å². The Morgan fingerprint density at radius 2 is 1.78 bits per heavy atom. The monoisotopic (exact) mass is 825 g/mol. The Kier molecular flexibility index (Phi) is 14.9. The van der Waals surface area contributed by atoms with Gasteiger partial charge in [-0.25, -0.2) is 9.18 Å². The second kappa shape index (κ2) is 20.7. The summed E-state index contributed by atoms with van der Waals surface area (Å²) in [4.78, 5) is 24.5. The Balaban J connectivity index is 1.42. The first-order chi connectivity index (χ1) is 29.4. The van der Waals surface area contributed by atoms with Crippen molar-refractivity contribution in [2.24, 2.45) is 22.9 Å². The van der Waals surface area contributed by atoms with Gasteiger partial charge in [0.2, 0.25) is 5.79 Å². The number of hydrogen-bond acceptors (Lipinski definition) is 10. The van der Waals surface area contributed by atoms with Crippen molar-refractivity contribution in [3.8, 4) is 11.5 Å². The van der Waals surface area contributed by atoms with Gasteiger partial charge in [-0.2, -0.15) is 0 Å². The number of halogens is 1. The standard InChI is InChI=1S/C48H60FN3O8/c1-3-27-58-48-44(52(47(55)56-4-2)32-34-16-18-37(49)19-17-34)31-42(50-59-33-35-12-6-5-7-13-35)40-29-36(14-8-10-25-53)39(15-9-11-26-54)45(46(40)48)41-30-38(20-21-43(41)60-48)57-28-24-51-22-23-51/h3,5-7,12-13,16-21,29-30,36,39,44-46,53-54H,1,4,8-11,14-15,22-28,31-33H2,2H3. The maximum absolute atomic E-state index is 14.4. The molecule has 2 fully saturated rings. The zero-order valence-corrected chi connectivity index (χ0v) is 34.8. The van der Waals surface area contributed by atoms with Crippen LogP contribution in [0.3, 0.4) is 0 Å². The zero-order valence-electron chi connectivity index (χ0n) is 34.8. The van der Waals surface area contributed by atoms with Crippen LogP contribution >= 0.6 is 0 Å². The van der Waals surface area contributed by atoms with Gasteiger partial charge in [-0.3, -0.25) is 9.80 Å². The van der Waals surface area contributed by atoms with Crippen LogP contribution in [0, 0.1) is 23.6 Å². The van der Waals surface area contributed by atoms with Crippen molar-refractivity contribution in [3.63, 3.8) is 0 Å². The van der Waals surface area contributed by atoms with Crippen molar-refractivity contribution in [2.45, 2.75) is 82.8 Å². The van der Waals surface area contributed by atoms with E-state index in [0.717, 1.165) is 67.8 Å². The smallest absolute Gasteiger partial charge is 0.410 e. The first-order valence-electron chi connectivity index (χ1n) is 21.7. The molecule has 0 aromatic heterocycles. The normalized spacial score (nSPS) is 24.7. The quantitative estimate of drug-likeness (QED) is 0.0449. The summed E-state index contributed by atoms with van der Waals surface area (Å²) in [6.07, 6.45) is 8.26. The molecule has 1 amide bonds. The summed E-state index contributed by atoms with van der Waals surface area (Å²) in [6.45, 7) is 10.2. The number of carbonyl (C=O) groups is 1. The Hall–Kier alpha value is -4.75. The first-order valence-corrected chi connectivity index (χ1v) is 21.7. The molecule has 0 bridgehead atoms. The Bertz CT molecular complexity index is 1940. The number of fused-ring (bicyclic) bond motifs is 2. The van der Waals surface area contributed by atoms with Crippen molar-refractivity contribution < 1.29 is 43.2 Å². The van der Waals surface area contributed by atoms with E-state index in [1.54, 1.807) is 30.0 Å². The van der Waals surface area contributed by atoms with Crippen LogP contribution in [0.5, 0.6) is 11.5 Å². The molecule has 3 aromatic carbocycles. The van der Waals surface area contributed by atoms with E-state index in [1.807, 2.05) is 42.5 Å². The second-order valence-electron chi connectivity index (χ2n) is 16.2. The van der Waals surface area contributed by atoms with Gasteiger partial charge in [-0.05, 0) is 91.5 Å². The van der Waals surface area contributed by atoms with E-state index in [4.69, 9.17) is 28.9 Å². The molecule has 2 heterocycles. The highest BCUT2D eigenvalue weighted by Gasteiger charge is 2.65. The number of ether oxygens (including phenoxy) is 4. The molecule has 2 aliphatic heterocycles. The molecule has 6 atom stereocenters. The molecule has 6 unspecified atom stereocenters. The molecular weight excluding hydrogens is 766 g/mol. The molecular formula is C48H60FN3O8. The summed E-state index contributed by atoms with van der Waals surface area (Å²) in [5.74, 6) is -1.01. The number of rotatable bonds is 22. The average Bonchev–Trinajstić information content (AvgIpc) is 4.09. The zero-order chi connectivity index (χ0) is 41.9. The third-order valence-electron chi connectivity index (χ3n) is 12.3. The summed E-state index contributed by atoms with van der Waals surface area (Å²) in [5.41, 5.74) is 4.26. The van der Waals surface area contributed by atoms with E-state index in [1.165, 1.54) is 12.1 Å². The van der Waals surface area contributed by atoms with Crippen molar-refractivity contribution in [2.75, 3.05) is 52.7 Å². The van der Waals surface area contributed by atoms with Gasteiger partial charge in [-0.15, -0.1) is 6.58 Å². The van der Waals surface area contributed by atoms with Gasteiger partial charge in [-0.1, -0.05) is 72.6 Å². The third-order valence-corrected chi connectivity index (χ3v) is 12.3. The first kappa shape index (κ1) is 43.3. The molecule has 0 radical (unpaired) electrons. The van der Waals surface area contributed by atoms with Crippen LogP contribution in [0.25, 0.3) is 0 Å². The van der Waals surface area contributed by atoms with Gasteiger partial charge >= 0.3 is 6.09 Å². The van der Waals surface area contributed by atoms with Crippen LogP contribution in [0.4, 0.5) is 9.18 Å². The SMILES string of the molecule is C=CCOC12Oc3ccc(OCCN4CC4)cc3C3C(CCCCO)C(CCCCO)C=C(C(=NOCc4ccccc4)CC1N(Cc1ccc(F)cc1)C(=O)OCC)C32. The van der Waals surface area contributed by atoms with Crippen LogP contribution in [0.15, 0.2) is 102 Å². The molecule has 60 heavy (non-hydrogen) atoms. The summed E-state index contributed by atoms with van der Waals surface area (Å²) < 4.78 is 40.8. The van der Waals surface area contributed by atoms with Gasteiger partial charge < -0.3 is 34.0 Å². The van der Waals surface area contributed by atoms with Crippen LogP contribution in [0.2, 0.25) is 0 Å². The van der Waals surface area contributed by atoms with E-state index in [9.17, 15) is 19.4 Å². The van der Waals surface area contributed by atoms with Gasteiger partial charge in [0, 0.05) is 57.3 Å². The number of benzene rings is 3. The summed E-state index contributed by atoms with van der Waals surface area (Å²) >= 11 is 0. The number of hydrogen-bond donors (Lipinski definition) is 2. The molecule has 322 valence electrons. The number of amides is 1. The minimum Gasteiger partial charge on any atom is -0.492 e. The highest BCUT2D eigenvalue weighted by molar-refractivity contribution is 6.03. The number of unbranched alkanes of at least 4 members (excludes halogenated alkanes) is 2. The van der Waals surface area contributed by atoms with Crippen LogP contribution in [-0.4, -0.2) is 96.3 Å². The number of aliphatic hydroxyl groups is 2. The molecule has 7 rings (SSSR count). The van der Waals surface area contributed by atoms with Crippen molar-refractivity contribution in [1.29, 1.82) is 0 Å². The van der Waals surface area contributed by atoms with Crippen molar-refractivity contribution >= 4 is 11.8 Å². The van der Waals surface area contributed by atoms with Gasteiger partial charge in [0.05, 0.1) is 24.8 Å². The molecule has 11 nitrogen and oxygen atoms in total. The second-order valence-corrected chi connectivity index (χ2v) is 16.2. The summed E-state index contributed by atoms with van der Waals surface area (Å²) in [6, 6.07) is 21.2. The highest BCUT2D eigenvalue weighted by atomic mass is 19.1. The average molecular weight is 826 g/mol. The van der Waals surface area contributed by atoms with Crippen LogP contribution in [0.1, 0.15) is 74.5 Å². The lowest BCUT2D eigenvalue weighted by Gasteiger charge is -2.59. The fraction of sp³-hybridized carbons (Fsp3) is 0.500. The Morgan fingerprint density at radius 3 is 2.50 bits per heavy atom. The number of carbonyl (C=O) groups excluding carboxylic acids is 1. The molecule has 12 heteroatoms. The predicted octanol–water partition coefficient (Wildman–Crippen LogP) is 8.01. The largest absolute Gasteiger partial charge is 0.492 e.